The second-order valence-electron chi connectivity index (χ2n) is 8.59. The maximum atomic E-state index is 13.4. The number of amidine groups is 2. The lowest BCUT2D eigenvalue weighted by Gasteiger charge is -2.25. The topological polar surface area (TPSA) is 112 Å². The minimum atomic E-state index is -0.870. The molecule has 0 aliphatic carbocycles. The quantitative estimate of drug-likeness (QED) is 0.464. The first-order valence-electron chi connectivity index (χ1n) is 12.0. The normalized spacial score (nSPS) is 15.7. The molecule has 0 saturated heterocycles. The van der Waals surface area contributed by atoms with Gasteiger partial charge in [0.25, 0.3) is 5.91 Å². The number of fused-ring (bicyclic) bond motifs is 3. The number of benzene rings is 3. The molecule has 3 amide bonds. The monoisotopic (exact) mass is 527 g/mol. The fraction of sp³-hybridized carbons (Fsp3) is 0.179. The third-order valence-electron chi connectivity index (χ3n) is 5.97. The zero-order valence-corrected chi connectivity index (χ0v) is 21.4. The van der Waals surface area contributed by atoms with E-state index in [4.69, 9.17) is 4.74 Å². The van der Waals surface area contributed by atoms with E-state index >= 15 is 0 Å². The number of nitrogens with one attached hydrogen (secondary N) is 2. The maximum Gasteiger partial charge on any atom is 0.259 e. The Labute approximate surface area is 224 Å². The van der Waals surface area contributed by atoms with E-state index in [0.29, 0.717) is 40.2 Å². The number of methoxy groups -OCH3 is 1. The molecular formula is C28H25N5O4S. The zero-order valence-electron chi connectivity index (χ0n) is 20.6. The summed E-state index contributed by atoms with van der Waals surface area (Å²) in [5.74, 6) is 0.311. The van der Waals surface area contributed by atoms with Gasteiger partial charge in [-0.1, -0.05) is 54.2 Å². The molecular weight excluding hydrogens is 502 g/mol. The fourth-order valence-corrected chi connectivity index (χ4v) is 4.88. The average Bonchev–Trinajstić information content (AvgIpc) is 3.27. The lowest BCUT2D eigenvalue weighted by molar-refractivity contribution is -0.128. The Morgan fingerprint density at radius 3 is 2.47 bits per heavy atom. The minimum absolute atomic E-state index is 0.0340. The molecule has 3 aromatic carbocycles. The van der Waals surface area contributed by atoms with Gasteiger partial charge in [-0.15, -0.1) is 0 Å². The highest BCUT2D eigenvalue weighted by atomic mass is 32.2. The Balaban J connectivity index is 1.27. The van der Waals surface area contributed by atoms with Crippen LogP contribution >= 0.6 is 11.8 Å². The molecule has 1 atom stereocenters. The summed E-state index contributed by atoms with van der Waals surface area (Å²) in [5, 5.41) is 6.03. The molecule has 9 nitrogen and oxygen atoms in total. The fourth-order valence-electron chi connectivity index (χ4n) is 4.08. The van der Waals surface area contributed by atoms with Gasteiger partial charge in [0.15, 0.2) is 5.17 Å². The van der Waals surface area contributed by atoms with Gasteiger partial charge in [0, 0.05) is 17.8 Å². The van der Waals surface area contributed by atoms with Crippen molar-refractivity contribution in [2.24, 2.45) is 9.98 Å². The number of anilines is 1. The number of ether oxygens (including phenoxy) is 1. The van der Waals surface area contributed by atoms with Gasteiger partial charge < -0.3 is 15.4 Å². The van der Waals surface area contributed by atoms with E-state index < -0.39 is 6.04 Å². The average molecular weight is 528 g/mol. The molecule has 5 rings (SSSR count). The Kier molecular flexibility index (Phi) is 7.50. The second-order valence-corrected chi connectivity index (χ2v) is 9.53. The Morgan fingerprint density at radius 2 is 1.71 bits per heavy atom. The van der Waals surface area contributed by atoms with Crippen molar-refractivity contribution in [2.45, 2.75) is 19.0 Å². The van der Waals surface area contributed by atoms with Crippen LogP contribution in [-0.4, -0.2) is 52.5 Å². The van der Waals surface area contributed by atoms with Crippen molar-refractivity contribution in [3.63, 3.8) is 0 Å². The van der Waals surface area contributed by atoms with Gasteiger partial charge >= 0.3 is 0 Å². The van der Waals surface area contributed by atoms with Crippen molar-refractivity contribution in [3.05, 3.63) is 90.0 Å². The van der Waals surface area contributed by atoms with Gasteiger partial charge in [-0.3, -0.25) is 19.4 Å². The van der Waals surface area contributed by atoms with Crippen molar-refractivity contribution < 1.29 is 19.1 Å². The number of nitrogens with zero attached hydrogens (tertiary/aromatic N) is 3. The van der Waals surface area contributed by atoms with Gasteiger partial charge in [0.2, 0.25) is 11.8 Å². The Morgan fingerprint density at radius 1 is 0.974 bits per heavy atom. The lowest BCUT2D eigenvalue weighted by atomic mass is 10.1. The maximum absolute atomic E-state index is 13.4. The van der Waals surface area contributed by atoms with Crippen LogP contribution in [0.5, 0.6) is 5.75 Å². The van der Waals surface area contributed by atoms with Crippen LogP contribution in [0.4, 0.5) is 11.4 Å². The van der Waals surface area contributed by atoms with Gasteiger partial charge in [-0.2, -0.15) is 0 Å². The number of hydrogen-bond acceptors (Lipinski definition) is 7. The van der Waals surface area contributed by atoms with Gasteiger partial charge in [-0.25, -0.2) is 9.89 Å². The Bertz CT molecular complexity index is 1420. The van der Waals surface area contributed by atoms with E-state index in [0.717, 1.165) is 17.3 Å². The highest BCUT2D eigenvalue weighted by Gasteiger charge is 2.42. The number of rotatable bonds is 8. The van der Waals surface area contributed by atoms with E-state index in [1.54, 1.807) is 31.4 Å². The molecule has 0 aromatic heterocycles. The molecule has 2 aliphatic heterocycles. The molecule has 192 valence electrons. The molecule has 0 fully saturated rings. The number of hydrogen-bond donors (Lipinski definition) is 2. The van der Waals surface area contributed by atoms with E-state index in [9.17, 15) is 14.4 Å². The van der Waals surface area contributed by atoms with Gasteiger partial charge in [0.05, 0.1) is 25.0 Å². The smallest absolute Gasteiger partial charge is 0.259 e. The summed E-state index contributed by atoms with van der Waals surface area (Å²) < 4.78 is 5.14. The first-order valence-corrected chi connectivity index (χ1v) is 13.0. The predicted molar refractivity (Wildman–Crippen MR) is 148 cm³/mol. The van der Waals surface area contributed by atoms with Crippen LogP contribution in [0, 0.1) is 0 Å². The van der Waals surface area contributed by atoms with Crippen LogP contribution in [0.2, 0.25) is 0 Å². The van der Waals surface area contributed by atoms with Gasteiger partial charge in [-0.05, 0) is 42.0 Å². The van der Waals surface area contributed by atoms with Crippen molar-refractivity contribution in [1.29, 1.82) is 0 Å². The molecule has 0 radical (unpaired) electrons. The summed E-state index contributed by atoms with van der Waals surface area (Å²) in [4.78, 5) is 49.3. The molecule has 2 N–H and O–H groups in total. The second kappa shape index (κ2) is 11.3. The Hall–Kier alpha value is -4.44. The molecule has 10 heteroatoms. The molecule has 3 aromatic rings. The van der Waals surface area contributed by atoms with Crippen LogP contribution in [0.15, 0.2) is 88.8 Å². The summed E-state index contributed by atoms with van der Waals surface area (Å²) in [6, 6.07) is 23.1. The summed E-state index contributed by atoms with van der Waals surface area (Å²) in [6.07, 6.45) is -0.0796. The van der Waals surface area contributed by atoms with E-state index in [1.165, 1.54) is 4.90 Å². The first-order chi connectivity index (χ1) is 18.5. The molecule has 0 saturated carbocycles. The van der Waals surface area contributed by atoms with Crippen LogP contribution in [0.3, 0.4) is 0 Å². The van der Waals surface area contributed by atoms with Crippen molar-refractivity contribution in [2.75, 3.05) is 18.2 Å². The van der Waals surface area contributed by atoms with Crippen molar-refractivity contribution in [1.82, 2.24) is 10.2 Å². The first kappa shape index (κ1) is 25.2. The standard InChI is InChI=1S/C28H25N5O4S/c1-37-20-13-11-19(12-14-20)30-25(35)17-38-28-32-22-10-6-5-9-21(22)26-31-23(27(36)33(26)28)15-24(34)29-16-18-7-3-2-4-8-18/h2-14,23H,15-17H2,1H3,(H,29,34)(H,30,35)/t23-/m1/s1. The minimum Gasteiger partial charge on any atom is -0.497 e. The van der Waals surface area contributed by atoms with E-state index in [-0.39, 0.29) is 29.9 Å². The van der Waals surface area contributed by atoms with Crippen LogP contribution in [-0.2, 0) is 20.9 Å². The molecule has 0 unspecified atom stereocenters. The highest BCUT2D eigenvalue weighted by molar-refractivity contribution is 8.14. The molecule has 0 spiro atoms. The number of aliphatic imine (C=N–C) groups is 2. The summed E-state index contributed by atoms with van der Waals surface area (Å²) >= 11 is 1.14. The number of amides is 3. The summed E-state index contributed by atoms with van der Waals surface area (Å²) in [7, 11) is 1.58. The number of carbonyl (C=O) groups is 3. The SMILES string of the molecule is COc1ccc(NC(=O)CSC2=Nc3ccccc3C3=N[C@H](CC(=O)NCc4ccccc4)C(=O)N23)cc1. The van der Waals surface area contributed by atoms with Crippen LogP contribution < -0.4 is 15.4 Å². The van der Waals surface area contributed by atoms with E-state index in [1.807, 2.05) is 54.6 Å². The number of thioether (sulfide) groups is 1. The highest BCUT2D eigenvalue weighted by Crippen LogP contribution is 2.34. The predicted octanol–water partition coefficient (Wildman–Crippen LogP) is 3.73. The zero-order chi connectivity index (χ0) is 26.5. The summed E-state index contributed by atoms with van der Waals surface area (Å²) in [6.45, 7) is 0.371. The number of carbonyl (C=O) groups excluding carboxylic acids is 3. The van der Waals surface area contributed by atoms with E-state index in [2.05, 4.69) is 20.6 Å². The number of para-hydroxylation sites is 1. The molecule has 2 heterocycles. The van der Waals surface area contributed by atoms with Crippen LogP contribution in [0.25, 0.3) is 0 Å². The third-order valence-corrected chi connectivity index (χ3v) is 6.90. The van der Waals surface area contributed by atoms with Crippen molar-refractivity contribution >= 4 is 51.9 Å². The largest absolute Gasteiger partial charge is 0.497 e. The van der Waals surface area contributed by atoms with Crippen LogP contribution in [0.1, 0.15) is 17.5 Å². The molecule has 2 aliphatic rings. The molecule has 0 bridgehead atoms. The lowest BCUT2D eigenvalue weighted by Crippen LogP contribution is -2.42. The van der Waals surface area contributed by atoms with Gasteiger partial charge in [0.1, 0.15) is 17.6 Å². The summed E-state index contributed by atoms with van der Waals surface area (Å²) in [5.41, 5.74) is 2.96. The third kappa shape index (κ3) is 5.60. The molecule has 38 heavy (non-hydrogen) atoms. The van der Waals surface area contributed by atoms with Crippen molar-refractivity contribution in [3.8, 4) is 5.75 Å².